The third-order valence-electron chi connectivity index (χ3n) is 2.70. The highest BCUT2D eigenvalue weighted by molar-refractivity contribution is 6.30. The highest BCUT2D eigenvalue weighted by atomic mass is 35.5. The Labute approximate surface area is 87.1 Å². The third-order valence-corrected chi connectivity index (χ3v) is 2.93. The lowest BCUT2D eigenvalue weighted by Crippen LogP contribution is -2.51. The minimum absolute atomic E-state index is 0.104. The molecule has 4 heteroatoms. The molecule has 76 valence electrons. The first-order chi connectivity index (χ1) is 6.51. The van der Waals surface area contributed by atoms with Crippen LogP contribution in [0.25, 0.3) is 0 Å². The van der Waals surface area contributed by atoms with Crippen molar-refractivity contribution in [2.75, 3.05) is 0 Å². The zero-order valence-electron chi connectivity index (χ0n) is 7.57. The quantitative estimate of drug-likeness (QED) is 0.660. The molecule has 0 heterocycles. The molecule has 1 saturated carbocycles. The van der Waals surface area contributed by atoms with Gasteiger partial charge in [0.05, 0.1) is 6.10 Å². The van der Waals surface area contributed by atoms with Crippen molar-refractivity contribution >= 4 is 11.6 Å². The largest absolute Gasteiger partial charge is 0.508 e. The highest BCUT2D eigenvalue weighted by Gasteiger charge is 2.42. The fraction of sp³-hybridized carbons (Fsp3) is 0.400. The van der Waals surface area contributed by atoms with Crippen molar-refractivity contribution in [2.45, 2.75) is 24.5 Å². The first kappa shape index (κ1) is 9.77. The molecular weight excluding hydrogens is 202 g/mol. The van der Waals surface area contributed by atoms with E-state index in [1.54, 1.807) is 12.1 Å². The maximum atomic E-state index is 9.63. The summed E-state index contributed by atoms with van der Waals surface area (Å²) in [5.41, 5.74) is 6.07. The number of nitrogens with two attached hydrogens (primary N) is 1. The monoisotopic (exact) mass is 213 g/mol. The second-order valence-electron chi connectivity index (χ2n) is 3.88. The molecule has 0 spiro atoms. The summed E-state index contributed by atoms with van der Waals surface area (Å²) < 4.78 is 0. The van der Waals surface area contributed by atoms with Crippen LogP contribution in [0.2, 0.25) is 5.02 Å². The number of hydrogen-bond acceptors (Lipinski definition) is 3. The van der Waals surface area contributed by atoms with Gasteiger partial charge in [0, 0.05) is 16.1 Å². The molecule has 1 aliphatic carbocycles. The Hall–Kier alpha value is -0.770. The van der Waals surface area contributed by atoms with Gasteiger partial charge >= 0.3 is 0 Å². The fourth-order valence-electron chi connectivity index (χ4n) is 1.93. The standard InChI is InChI=1S/C10H12ClNO2/c11-6-1-2-8(9(14)3-6)10(12)4-7(13)5-10/h1-3,7,13-14H,4-5,12H2. The van der Waals surface area contributed by atoms with Crippen LogP contribution in [-0.2, 0) is 5.54 Å². The molecule has 0 aliphatic heterocycles. The van der Waals surface area contributed by atoms with Crippen molar-refractivity contribution in [1.29, 1.82) is 0 Å². The number of hydrogen-bond donors (Lipinski definition) is 3. The Morgan fingerprint density at radius 1 is 1.43 bits per heavy atom. The molecule has 0 aromatic heterocycles. The van der Waals surface area contributed by atoms with Crippen LogP contribution in [-0.4, -0.2) is 16.3 Å². The van der Waals surface area contributed by atoms with E-state index in [0.717, 1.165) is 0 Å². The van der Waals surface area contributed by atoms with Gasteiger partial charge in [-0.3, -0.25) is 0 Å². The Morgan fingerprint density at radius 2 is 2.07 bits per heavy atom. The Kier molecular flexibility index (Phi) is 2.18. The van der Waals surface area contributed by atoms with Gasteiger partial charge in [0.15, 0.2) is 0 Å². The molecule has 3 nitrogen and oxygen atoms in total. The van der Waals surface area contributed by atoms with E-state index in [1.165, 1.54) is 6.07 Å². The van der Waals surface area contributed by atoms with Crippen molar-refractivity contribution in [3.05, 3.63) is 28.8 Å². The fourth-order valence-corrected chi connectivity index (χ4v) is 2.09. The summed E-state index contributed by atoms with van der Waals surface area (Å²) in [7, 11) is 0. The van der Waals surface area contributed by atoms with Gasteiger partial charge in [-0.05, 0) is 25.0 Å². The molecule has 1 aromatic rings. The molecule has 0 amide bonds. The Bertz CT molecular complexity index is 361. The average Bonchev–Trinajstić information content (AvgIpc) is 2.00. The highest BCUT2D eigenvalue weighted by Crippen LogP contribution is 2.43. The topological polar surface area (TPSA) is 66.5 Å². The normalized spacial score (nSPS) is 31.2. The minimum Gasteiger partial charge on any atom is -0.508 e. The maximum Gasteiger partial charge on any atom is 0.122 e. The lowest BCUT2D eigenvalue weighted by molar-refractivity contribution is 0.0199. The first-order valence-corrected chi connectivity index (χ1v) is 4.85. The number of phenolic OH excluding ortho intramolecular Hbond substituents is 1. The summed E-state index contributed by atoms with van der Waals surface area (Å²) in [4.78, 5) is 0. The second kappa shape index (κ2) is 3.12. The molecule has 1 aliphatic rings. The molecule has 1 fully saturated rings. The van der Waals surface area contributed by atoms with Crippen LogP contribution in [0.5, 0.6) is 5.75 Å². The summed E-state index contributed by atoms with van der Waals surface area (Å²) in [6.07, 6.45) is 0.625. The Balaban J connectivity index is 2.33. The van der Waals surface area contributed by atoms with Crippen LogP contribution < -0.4 is 5.73 Å². The summed E-state index contributed by atoms with van der Waals surface area (Å²) in [6, 6.07) is 4.87. The van der Waals surface area contributed by atoms with Gasteiger partial charge in [0.1, 0.15) is 5.75 Å². The molecule has 0 saturated heterocycles. The van der Waals surface area contributed by atoms with Gasteiger partial charge in [0.2, 0.25) is 0 Å². The molecule has 1 aromatic carbocycles. The summed E-state index contributed by atoms with van der Waals surface area (Å²) in [5, 5.41) is 19.3. The van der Waals surface area contributed by atoms with Crippen molar-refractivity contribution in [2.24, 2.45) is 5.73 Å². The van der Waals surface area contributed by atoms with Crippen LogP contribution in [0.1, 0.15) is 18.4 Å². The SMILES string of the molecule is NC1(c2ccc(Cl)cc2O)CC(O)C1. The van der Waals surface area contributed by atoms with E-state index >= 15 is 0 Å². The van der Waals surface area contributed by atoms with Gasteiger partial charge in [-0.15, -0.1) is 0 Å². The number of benzene rings is 1. The second-order valence-corrected chi connectivity index (χ2v) is 4.32. The number of phenols is 1. The van der Waals surface area contributed by atoms with E-state index in [9.17, 15) is 10.2 Å². The number of aliphatic hydroxyl groups is 1. The number of aromatic hydroxyl groups is 1. The molecule has 0 unspecified atom stereocenters. The maximum absolute atomic E-state index is 9.63. The molecule has 0 radical (unpaired) electrons. The van der Waals surface area contributed by atoms with E-state index in [4.69, 9.17) is 17.3 Å². The first-order valence-electron chi connectivity index (χ1n) is 4.47. The van der Waals surface area contributed by atoms with Crippen LogP contribution in [0.4, 0.5) is 0 Å². The van der Waals surface area contributed by atoms with Crippen LogP contribution >= 0.6 is 11.6 Å². The van der Waals surface area contributed by atoms with Gasteiger partial charge in [-0.1, -0.05) is 17.7 Å². The van der Waals surface area contributed by atoms with Crippen LogP contribution in [0.15, 0.2) is 18.2 Å². The molecular formula is C10H12ClNO2. The summed E-state index contributed by atoms with van der Waals surface area (Å²) in [5.74, 6) is 0.104. The number of halogens is 1. The van der Waals surface area contributed by atoms with Crippen molar-refractivity contribution in [3.8, 4) is 5.75 Å². The van der Waals surface area contributed by atoms with E-state index < -0.39 is 5.54 Å². The van der Waals surface area contributed by atoms with Crippen molar-refractivity contribution in [3.63, 3.8) is 0 Å². The third kappa shape index (κ3) is 1.47. The lowest BCUT2D eigenvalue weighted by atomic mass is 9.70. The molecule has 4 N–H and O–H groups in total. The van der Waals surface area contributed by atoms with Gasteiger partial charge in [-0.25, -0.2) is 0 Å². The van der Waals surface area contributed by atoms with Gasteiger partial charge < -0.3 is 15.9 Å². The number of aliphatic hydroxyl groups excluding tert-OH is 1. The van der Waals surface area contributed by atoms with Crippen molar-refractivity contribution in [1.82, 2.24) is 0 Å². The lowest BCUT2D eigenvalue weighted by Gasteiger charge is -2.42. The van der Waals surface area contributed by atoms with Gasteiger partial charge in [0.25, 0.3) is 0 Å². The van der Waals surface area contributed by atoms with Gasteiger partial charge in [-0.2, -0.15) is 0 Å². The van der Waals surface area contributed by atoms with E-state index in [-0.39, 0.29) is 11.9 Å². The van der Waals surface area contributed by atoms with E-state index in [1.807, 2.05) is 0 Å². The summed E-state index contributed by atoms with van der Waals surface area (Å²) in [6.45, 7) is 0. The summed E-state index contributed by atoms with van der Waals surface area (Å²) >= 11 is 5.71. The zero-order chi connectivity index (χ0) is 10.3. The predicted molar refractivity (Wildman–Crippen MR) is 54.2 cm³/mol. The van der Waals surface area contributed by atoms with E-state index in [0.29, 0.717) is 23.4 Å². The molecule has 0 bridgehead atoms. The molecule has 0 atom stereocenters. The van der Waals surface area contributed by atoms with Crippen LogP contribution in [0.3, 0.4) is 0 Å². The average molecular weight is 214 g/mol. The van der Waals surface area contributed by atoms with Crippen LogP contribution in [0, 0.1) is 0 Å². The molecule has 2 rings (SSSR count). The minimum atomic E-state index is -0.589. The van der Waals surface area contributed by atoms with Crippen molar-refractivity contribution < 1.29 is 10.2 Å². The number of rotatable bonds is 1. The van der Waals surface area contributed by atoms with E-state index in [2.05, 4.69) is 0 Å². The smallest absolute Gasteiger partial charge is 0.122 e. The Morgan fingerprint density at radius 3 is 2.57 bits per heavy atom. The molecule has 14 heavy (non-hydrogen) atoms. The zero-order valence-corrected chi connectivity index (χ0v) is 8.33. The predicted octanol–water partition coefficient (Wildman–Crippen LogP) is 1.35.